The van der Waals surface area contributed by atoms with Crippen LogP contribution in [0.1, 0.15) is 57.8 Å². The summed E-state index contributed by atoms with van der Waals surface area (Å²) in [6.45, 7) is 5.92. The molecular formula is C34H42N2O12. The second kappa shape index (κ2) is 17.4. The van der Waals surface area contributed by atoms with Gasteiger partial charge in [-0.25, -0.2) is 4.79 Å². The Morgan fingerprint density at radius 2 is 1.50 bits per heavy atom. The largest absolute Gasteiger partial charge is 0.465 e. The molecule has 2 N–H and O–H groups in total. The highest BCUT2D eigenvalue weighted by Gasteiger charge is 2.59. The Hall–Kier alpha value is -4.82. The van der Waals surface area contributed by atoms with Gasteiger partial charge in [-0.05, 0) is 29.7 Å². The minimum absolute atomic E-state index is 0.00411. The van der Waals surface area contributed by atoms with Gasteiger partial charge in [0.15, 0.2) is 12.2 Å². The number of amides is 2. The van der Waals surface area contributed by atoms with Gasteiger partial charge in [0.1, 0.15) is 12.2 Å². The summed E-state index contributed by atoms with van der Waals surface area (Å²) in [5.74, 6) is -6.70. The van der Waals surface area contributed by atoms with E-state index in [0.717, 1.165) is 39.0 Å². The van der Waals surface area contributed by atoms with Gasteiger partial charge in [0.2, 0.25) is 5.91 Å². The average Bonchev–Trinajstić information content (AvgIpc) is 3.05. The molecule has 260 valence electrons. The molecule has 0 radical (unpaired) electrons. The normalized spacial score (nSPS) is 21.5. The fourth-order valence-electron chi connectivity index (χ4n) is 5.38. The molecule has 3 rings (SSSR count). The van der Waals surface area contributed by atoms with Crippen LogP contribution in [0.5, 0.6) is 0 Å². The molecule has 2 amide bonds. The third-order valence-corrected chi connectivity index (χ3v) is 7.30. The molecule has 1 fully saturated rings. The lowest BCUT2D eigenvalue weighted by atomic mass is 9.87. The first-order chi connectivity index (χ1) is 22.8. The Labute approximate surface area is 278 Å². The van der Waals surface area contributed by atoms with Crippen LogP contribution in [0.4, 0.5) is 0 Å². The zero-order valence-electron chi connectivity index (χ0n) is 27.8. The number of carbonyl (C=O) groups excluding carboxylic acids is 6. The van der Waals surface area contributed by atoms with Crippen molar-refractivity contribution in [2.45, 2.75) is 83.7 Å². The van der Waals surface area contributed by atoms with Gasteiger partial charge in [0, 0.05) is 33.3 Å². The van der Waals surface area contributed by atoms with Crippen LogP contribution in [0.15, 0.2) is 54.6 Å². The molecule has 0 aliphatic carbocycles. The van der Waals surface area contributed by atoms with E-state index < -0.39 is 84.9 Å². The highest BCUT2D eigenvalue weighted by molar-refractivity contribution is 5.94. The first-order valence-electron chi connectivity index (χ1n) is 15.4. The number of rotatable bonds is 14. The lowest BCUT2D eigenvalue weighted by molar-refractivity contribution is -0.313. The molecule has 0 spiro atoms. The van der Waals surface area contributed by atoms with E-state index in [1.807, 2.05) is 30.3 Å². The molecule has 0 bridgehead atoms. The van der Waals surface area contributed by atoms with Gasteiger partial charge in [-0.3, -0.25) is 24.0 Å². The Morgan fingerprint density at radius 3 is 2.04 bits per heavy atom. The van der Waals surface area contributed by atoms with E-state index in [4.69, 9.17) is 28.4 Å². The molecule has 14 nitrogen and oxygen atoms in total. The summed E-state index contributed by atoms with van der Waals surface area (Å²) in [5.41, 5.74) is 2.14. The van der Waals surface area contributed by atoms with Gasteiger partial charge in [-0.1, -0.05) is 49.4 Å². The molecule has 6 atom stereocenters. The van der Waals surface area contributed by atoms with Crippen LogP contribution in [0.2, 0.25) is 0 Å². The highest BCUT2D eigenvalue weighted by atomic mass is 16.7. The van der Waals surface area contributed by atoms with E-state index in [-0.39, 0.29) is 12.2 Å². The summed E-state index contributed by atoms with van der Waals surface area (Å²) < 4.78 is 33.8. The second-order valence-electron chi connectivity index (χ2n) is 11.1. The fraction of sp³-hybridized carbons (Fsp3) is 0.471. The van der Waals surface area contributed by atoms with Gasteiger partial charge in [0.05, 0.1) is 32.7 Å². The summed E-state index contributed by atoms with van der Waals surface area (Å²) in [5, 5.41) is 5.33. The van der Waals surface area contributed by atoms with Crippen LogP contribution in [-0.2, 0) is 52.4 Å². The molecular weight excluding hydrogens is 628 g/mol. The Kier molecular flexibility index (Phi) is 13.6. The number of carbonyl (C=O) groups is 6. The molecule has 0 unspecified atom stereocenters. The summed E-state index contributed by atoms with van der Waals surface area (Å²) in [4.78, 5) is 76.0. The van der Waals surface area contributed by atoms with Crippen LogP contribution < -0.4 is 10.6 Å². The fourth-order valence-corrected chi connectivity index (χ4v) is 5.38. The molecule has 2 aromatic rings. The van der Waals surface area contributed by atoms with Crippen LogP contribution in [0.3, 0.4) is 0 Å². The first kappa shape index (κ1) is 37.6. The number of hydrogen-bond donors (Lipinski definition) is 2. The van der Waals surface area contributed by atoms with Crippen molar-refractivity contribution in [1.29, 1.82) is 0 Å². The van der Waals surface area contributed by atoms with Crippen molar-refractivity contribution in [2.24, 2.45) is 0 Å². The zero-order chi connectivity index (χ0) is 35.4. The Morgan fingerprint density at radius 1 is 0.875 bits per heavy atom. The predicted molar refractivity (Wildman–Crippen MR) is 169 cm³/mol. The number of benzene rings is 2. The minimum Gasteiger partial charge on any atom is -0.465 e. The van der Waals surface area contributed by atoms with Crippen LogP contribution in [0.25, 0.3) is 11.1 Å². The maximum absolute atomic E-state index is 13.3. The van der Waals surface area contributed by atoms with Gasteiger partial charge in [0.25, 0.3) is 11.7 Å². The molecule has 1 aliphatic rings. The maximum Gasteiger partial charge on any atom is 0.366 e. The van der Waals surface area contributed by atoms with Crippen molar-refractivity contribution in [3.8, 4) is 11.1 Å². The van der Waals surface area contributed by atoms with Gasteiger partial charge >= 0.3 is 23.9 Å². The summed E-state index contributed by atoms with van der Waals surface area (Å²) in [7, 11) is 1.10. The van der Waals surface area contributed by atoms with Crippen molar-refractivity contribution in [2.75, 3.05) is 20.3 Å². The van der Waals surface area contributed by atoms with Gasteiger partial charge in [-0.15, -0.1) is 0 Å². The maximum atomic E-state index is 13.3. The quantitative estimate of drug-likeness (QED) is 0.222. The van der Waals surface area contributed by atoms with E-state index in [9.17, 15) is 28.8 Å². The zero-order valence-corrected chi connectivity index (χ0v) is 27.8. The minimum atomic E-state index is -2.19. The van der Waals surface area contributed by atoms with E-state index in [2.05, 4.69) is 10.6 Å². The van der Waals surface area contributed by atoms with Crippen molar-refractivity contribution in [3.05, 3.63) is 60.2 Å². The highest BCUT2D eigenvalue weighted by Crippen LogP contribution is 2.37. The summed E-state index contributed by atoms with van der Waals surface area (Å²) in [6.07, 6.45) is -5.79. The average molecular weight is 671 g/mol. The van der Waals surface area contributed by atoms with E-state index in [0.29, 0.717) is 6.42 Å². The molecule has 1 heterocycles. The topological polar surface area (TPSA) is 182 Å². The smallest absolute Gasteiger partial charge is 0.366 e. The lowest BCUT2D eigenvalue weighted by Gasteiger charge is -2.48. The molecule has 14 heteroatoms. The third kappa shape index (κ3) is 10.1. The number of methoxy groups -OCH3 is 1. The third-order valence-electron chi connectivity index (χ3n) is 7.30. The first-order valence-corrected chi connectivity index (χ1v) is 15.4. The lowest BCUT2D eigenvalue weighted by Crippen LogP contribution is -2.69. The van der Waals surface area contributed by atoms with Crippen molar-refractivity contribution in [1.82, 2.24) is 10.6 Å². The van der Waals surface area contributed by atoms with Gasteiger partial charge in [-0.2, -0.15) is 0 Å². The standard InChI is InChI=1S/C34H42N2O12/c1-7-17-44-34(33(42)43-6)18-27(45-21(3)38)29(36-20(2)37)31(48-34)30(47-23(5)40)28(46-22(4)39)19-35-32(41)26-15-13-25(14-16-26)24-11-9-8-10-12-24/h8-16,27-31H,7,17-19H2,1-6H3,(H,35,41)(H,36,37)/t27-,28+,29+,30+,31+,34+/m0/s1. The Balaban J connectivity index is 2.03. The predicted octanol–water partition coefficient (Wildman–Crippen LogP) is 2.47. The number of nitrogens with one attached hydrogen (secondary N) is 2. The van der Waals surface area contributed by atoms with Crippen molar-refractivity contribution < 1.29 is 57.2 Å². The number of ether oxygens (including phenoxy) is 6. The molecule has 48 heavy (non-hydrogen) atoms. The number of esters is 4. The van der Waals surface area contributed by atoms with E-state index >= 15 is 0 Å². The monoisotopic (exact) mass is 670 g/mol. The second-order valence-corrected chi connectivity index (χ2v) is 11.1. The van der Waals surface area contributed by atoms with Gasteiger partial charge < -0.3 is 39.1 Å². The summed E-state index contributed by atoms with van der Waals surface area (Å²) >= 11 is 0. The van der Waals surface area contributed by atoms with Crippen molar-refractivity contribution in [3.63, 3.8) is 0 Å². The molecule has 1 saturated heterocycles. The summed E-state index contributed by atoms with van der Waals surface area (Å²) in [6, 6.07) is 15.1. The molecule has 1 aliphatic heterocycles. The molecule has 2 aromatic carbocycles. The van der Waals surface area contributed by atoms with Crippen LogP contribution >= 0.6 is 0 Å². The van der Waals surface area contributed by atoms with Crippen LogP contribution in [0, 0.1) is 0 Å². The van der Waals surface area contributed by atoms with Crippen LogP contribution in [-0.4, -0.2) is 92.2 Å². The molecule has 0 saturated carbocycles. The van der Waals surface area contributed by atoms with E-state index in [1.165, 1.54) is 6.92 Å². The SMILES string of the molecule is CCCO[C@]1(C(=O)OC)C[C@H](OC(C)=O)[C@@H](NC(C)=O)[C@H]([C@H](OC(C)=O)[C@@H](CNC(=O)c2ccc(-c3ccccc3)cc2)OC(C)=O)O1. The number of hydrogen-bond acceptors (Lipinski definition) is 12. The van der Waals surface area contributed by atoms with Crippen molar-refractivity contribution >= 4 is 35.7 Å². The van der Waals surface area contributed by atoms with E-state index in [1.54, 1.807) is 31.2 Å². The Bertz CT molecular complexity index is 1450. The molecule has 0 aromatic heterocycles.